The molecule has 22 heavy (non-hydrogen) atoms. The standard InChI is InChI=1S/C18H12ClN3/c19-13-6-7-14-15(8-10-20-17(14)11-13)22-16-5-1-3-12-4-2-9-21-18(12)16/h1-11H,(H,20,22). The van der Waals surface area contributed by atoms with Gasteiger partial charge < -0.3 is 5.32 Å². The second-order valence-corrected chi connectivity index (χ2v) is 5.46. The van der Waals surface area contributed by atoms with Crippen LogP contribution in [-0.4, -0.2) is 9.97 Å². The maximum atomic E-state index is 6.04. The Balaban J connectivity index is 1.86. The fourth-order valence-electron chi connectivity index (χ4n) is 2.58. The van der Waals surface area contributed by atoms with Gasteiger partial charge in [0.25, 0.3) is 0 Å². The molecule has 0 fully saturated rings. The first-order valence-corrected chi connectivity index (χ1v) is 7.34. The molecule has 0 bridgehead atoms. The van der Waals surface area contributed by atoms with Crippen LogP contribution in [0.25, 0.3) is 21.8 Å². The Hall–Kier alpha value is -2.65. The minimum absolute atomic E-state index is 0.684. The zero-order valence-corrected chi connectivity index (χ0v) is 12.4. The lowest BCUT2D eigenvalue weighted by molar-refractivity contribution is 1.39. The first kappa shape index (κ1) is 13.0. The summed E-state index contributed by atoms with van der Waals surface area (Å²) in [5.41, 5.74) is 3.77. The Bertz CT molecular complexity index is 977. The van der Waals surface area contributed by atoms with Gasteiger partial charge in [-0.25, -0.2) is 0 Å². The van der Waals surface area contributed by atoms with E-state index in [1.54, 1.807) is 12.4 Å². The molecule has 2 aromatic heterocycles. The largest absolute Gasteiger partial charge is 0.353 e. The Morgan fingerprint density at radius 3 is 2.68 bits per heavy atom. The highest BCUT2D eigenvalue weighted by Gasteiger charge is 2.06. The van der Waals surface area contributed by atoms with E-state index in [-0.39, 0.29) is 0 Å². The van der Waals surface area contributed by atoms with Gasteiger partial charge in [-0.3, -0.25) is 9.97 Å². The van der Waals surface area contributed by atoms with Crippen LogP contribution in [-0.2, 0) is 0 Å². The molecule has 3 nitrogen and oxygen atoms in total. The van der Waals surface area contributed by atoms with E-state index in [0.29, 0.717) is 5.02 Å². The summed E-state index contributed by atoms with van der Waals surface area (Å²) < 4.78 is 0. The number of hydrogen-bond donors (Lipinski definition) is 1. The van der Waals surface area contributed by atoms with Crippen molar-refractivity contribution in [2.24, 2.45) is 0 Å². The number of nitrogens with zero attached hydrogens (tertiary/aromatic N) is 2. The quantitative estimate of drug-likeness (QED) is 0.554. The SMILES string of the molecule is Clc1ccc2c(Nc3cccc4cccnc34)ccnc2c1. The third-order valence-corrected chi connectivity index (χ3v) is 3.84. The molecule has 0 atom stereocenters. The first-order chi connectivity index (χ1) is 10.8. The first-order valence-electron chi connectivity index (χ1n) is 6.96. The molecular weight excluding hydrogens is 294 g/mol. The van der Waals surface area contributed by atoms with E-state index >= 15 is 0 Å². The van der Waals surface area contributed by atoms with E-state index in [1.165, 1.54) is 0 Å². The maximum absolute atomic E-state index is 6.04. The van der Waals surface area contributed by atoms with Crippen LogP contribution in [0.2, 0.25) is 5.02 Å². The number of nitrogens with one attached hydrogen (secondary N) is 1. The molecular formula is C18H12ClN3. The third kappa shape index (κ3) is 2.26. The van der Waals surface area contributed by atoms with Gasteiger partial charge in [-0.1, -0.05) is 29.8 Å². The second kappa shape index (κ2) is 5.28. The zero-order chi connectivity index (χ0) is 14.9. The molecule has 0 saturated carbocycles. The van der Waals surface area contributed by atoms with E-state index in [4.69, 9.17) is 11.6 Å². The summed E-state index contributed by atoms with van der Waals surface area (Å²) in [6, 6.07) is 17.8. The summed E-state index contributed by atoms with van der Waals surface area (Å²) in [5, 5.41) is 6.28. The molecule has 4 aromatic rings. The van der Waals surface area contributed by atoms with E-state index in [2.05, 4.69) is 27.4 Å². The number of hydrogen-bond acceptors (Lipinski definition) is 3. The second-order valence-electron chi connectivity index (χ2n) is 5.03. The summed E-state index contributed by atoms with van der Waals surface area (Å²) in [6.07, 6.45) is 3.58. The van der Waals surface area contributed by atoms with Gasteiger partial charge in [0.1, 0.15) is 0 Å². The summed E-state index contributed by atoms with van der Waals surface area (Å²) in [4.78, 5) is 8.84. The predicted octanol–water partition coefficient (Wildman–Crippen LogP) is 5.18. The van der Waals surface area contributed by atoms with Crippen LogP contribution in [0.15, 0.2) is 67.0 Å². The Kier molecular flexibility index (Phi) is 3.13. The summed E-state index contributed by atoms with van der Waals surface area (Å²) in [6.45, 7) is 0. The van der Waals surface area contributed by atoms with Crippen LogP contribution in [0.3, 0.4) is 0 Å². The number of fused-ring (bicyclic) bond motifs is 2. The van der Waals surface area contributed by atoms with Crippen LogP contribution in [0, 0.1) is 0 Å². The van der Waals surface area contributed by atoms with Gasteiger partial charge >= 0.3 is 0 Å². The lowest BCUT2D eigenvalue weighted by Crippen LogP contribution is -1.94. The van der Waals surface area contributed by atoms with Crippen LogP contribution in [0.1, 0.15) is 0 Å². The van der Waals surface area contributed by atoms with Gasteiger partial charge in [0.05, 0.1) is 16.7 Å². The van der Waals surface area contributed by atoms with E-state index in [0.717, 1.165) is 33.2 Å². The highest BCUT2D eigenvalue weighted by atomic mass is 35.5. The zero-order valence-electron chi connectivity index (χ0n) is 11.6. The van der Waals surface area contributed by atoms with E-state index < -0.39 is 0 Å². The predicted molar refractivity (Wildman–Crippen MR) is 91.8 cm³/mol. The van der Waals surface area contributed by atoms with Crippen LogP contribution >= 0.6 is 11.6 Å². The Morgan fingerprint density at radius 1 is 0.818 bits per heavy atom. The van der Waals surface area contributed by atoms with Crippen LogP contribution in [0.5, 0.6) is 0 Å². The van der Waals surface area contributed by atoms with Crippen molar-refractivity contribution in [3.05, 3.63) is 72.0 Å². The minimum Gasteiger partial charge on any atom is -0.353 e. The van der Waals surface area contributed by atoms with Gasteiger partial charge in [0.2, 0.25) is 0 Å². The van der Waals surface area contributed by atoms with Crippen LogP contribution < -0.4 is 5.32 Å². The molecule has 0 saturated heterocycles. The van der Waals surface area contributed by atoms with Gasteiger partial charge in [-0.2, -0.15) is 0 Å². The monoisotopic (exact) mass is 305 g/mol. The number of halogens is 1. The van der Waals surface area contributed by atoms with Crippen molar-refractivity contribution in [2.45, 2.75) is 0 Å². The van der Waals surface area contributed by atoms with Crippen molar-refractivity contribution in [1.82, 2.24) is 9.97 Å². The van der Waals surface area contributed by atoms with Crippen molar-refractivity contribution < 1.29 is 0 Å². The Labute approximate surface area is 132 Å². The van der Waals surface area contributed by atoms with Crippen molar-refractivity contribution in [3.63, 3.8) is 0 Å². The molecule has 0 aliphatic rings. The lowest BCUT2D eigenvalue weighted by atomic mass is 10.1. The average Bonchev–Trinajstić information content (AvgIpc) is 2.55. The minimum atomic E-state index is 0.684. The van der Waals surface area contributed by atoms with Crippen molar-refractivity contribution in [3.8, 4) is 0 Å². The fraction of sp³-hybridized carbons (Fsp3) is 0. The van der Waals surface area contributed by atoms with Crippen molar-refractivity contribution in [1.29, 1.82) is 0 Å². The molecule has 0 aliphatic carbocycles. The normalized spacial score (nSPS) is 11.0. The lowest BCUT2D eigenvalue weighted by Gasteiger charge is -2.11. The number of anilines is 2. The smallest absolute Gasteiger partial charge is 0.0936 e. The van der Waals surface area contributed by atoms with Crippen LogP contribution in [0.4, 0.5) is 11.4 Å². The molecule has 0 radical (unpaired) electrons. The van der Waals surface area contributed by atoms with Gasteiger partial charge in [-0.15, -0.1) is 0 Å². The van der Waals surface area contributed by atoms with Gasteiger partial charge in [0, 0.05) is 33.9 Å². The molecule has 4 heteroatoms. The summed E-state index contributed by atoms with van der Waals surface area (Å²) >= 11 is 6.04. The number of rotatable bonds is 2. The van der Waals surface area contributed by atoms with Gasteiger partial charge in [-0.05, 0) is 36.4 Å². The van der Waals surface area contributed by atoms with E-state index in [9.17, 15) is 0 Å². The molecule has 0 spiro atoms. The molecule has 2 aromatic carbocycles. The van der Waals surface area contributed by atoms with Crippen molar-refractivity contribution in [2.75, 3.05) is 5.32 Å². The summed E-state index contributed by atoms with van der Waals surface area (Å²) in [5.74, 6) is 0. The highest BCUT2D eigenvalue weighted by molar-refractivity contribution is 6.31. The molecule has 1 N–H and O–H groups in total. The maximum Gasteiger partial charge on any atom is 0.0936 e. The average molecular weight is 306 g/mol. The van der Waals surface area contributed by atoms with Gasteiger partial charge in [0.15, 0.2) is 0 Å². The molecule has 106 valence electrons. The number of benzene rings is 2. The number of pyridine rings is 2. The fourth-order valence-corrected chi connectivity index (χ4v) is 2.75. The number of aromatic nitrogens is 2. The third-order valence-electron chi connectivity index (χ3n) is 3.61. The molecule has 2 heterocycles. The summed E-state index contributed by atoms with van der Waals surface area (Å²) in [7, 11) is 0. The molecule has 0 unspecified atom stereocenters. The highest BCUT2D eigenvalue weighted by Crippen LogP contribution is 2.29. The van der Waals surface area contributed by atoms with Crippen molar-refractivity contribution >= 4 is 44.8 Å². The molecule has 4 rings (SSSR count). The van der Waals surface area contributed by atoms with E-state index in [1.807, 2.05) is 42.5 Å². The molecule has 0 aliphatic heterocycles. The number of para-hydroxylation sites is 1. The Morgan fingerprint density at radius 2 is 1.73 bits per heavy atom. The topological polar surface area (TPSA) is 37.8 Å². The molecule has 0 amide bonds.